The van der Waals surface area contributed by atoms with Crippen LogP contribution in [0.4, 0.5) is 0 Å². The van der Waals surface area contributed by atoms with Gasteiger partial charge in [0.25, 0.3) is 11.7 Å². The summed E-state index contributed by atoms with van der Waals surface area (Å²) >= 11 is 0. The Kier molecular flexibility index (Phi) is 8.98. The molecule has 1 aliphatic heterocycles. The van der Waals surface area contributed by atoms with Gasteiger partial charge in [-0.3, -0.25) is 9.59 Å². The van der Waals surface area contributed by atoms with E-state index in [1.54, 1.807) is 43.5 Å². The quantitative estimate of drug-likeness (QED) is 0.284. The van der Waals surface area contributed by atoms with E-state index < -0.39 is 17.7 Å². The van der Waals surface area contributed by atoms with E-state index in [0.717, 1.165) is 18.5 Å². The van der Waals surface area contributed by atoms with Crippen LogP contribution in [0.25, 0.3) is 5.76 Å². The number of Topliss-reactive ketones (excluding diaryl/α,β-unsaturated/α-hetero) is 1. The highest BCUT2D eigenvalue weighted by molar-refractivity contribution is 6.46. The second-order valence-electron chi connectivity index (χ2n) is 9.09. The molecule has 8 nitrogen and oxygen atoms in total. The summed E-state index contributed by atoms with van der Waals surface area (Å²) in [5.41, 5.74) is 1.99. The number of carbonyl (C=O) groups excluding carboxylic acids is 2. The number of likely N-dealkylation sites (tertiary alicyclic amines) is 1. The van der Waals surface area contributed by atoms with Crippen molar-refractivity contribution in [3.05, 3.63) is 58.7 Å². The zero-order chi connectivity index (χ0) is 26.4. The zero-order valence-corrected chi connectivity index (χ0v) is 22.0. The number of ketones is 1. The Morgan fingerprint density at radius 2 is 1.72 bits per heavy atom. The summed E-state index contributed by atoms with van der Waals surface area (Å²) in [4.78, 5) is 30.0. The maximum Gasteiger partial charge on any atom is 0.295 e. The van der Waals surface area contributed by atoms with Gasteiger partial charge in [0.1, 0.15) is 11.5 Å². The molecule has 1 N–H and O–H groups in total. The molecular formula is C28H36N2O6. The van der Waals surface area contributed by atoms with E-state index in [2.05, 4.69) is 0 Å². The molecule has 0 saturated carbocycles. The second-order valence-corrected chi connectivity index (χ2v) is 9.09. The number of aliphatic hydroxyl groups excluding tert-OH is 1. The van der Waals surface area contributed by atoms with Crippen molar-refractivity contribution in [2.45, 2.75) is 32.7 Å². The number of hydrogen-bond acceptors (Lipinski definition) is 7. The van der Waals surface area contributed by atoms with Crippen LogP contribution in [0, 0.1) is 6.92 Å². The summed E-state index contributed by atoms with van der Waals surface area (Å²) in [5, 5.41) is 11.4. The summed E-state index contributed by atoms with van der Waals surface area (Å²) in [6, 6.07) is 9.76. The van der Waals surface area contributed by atoms with Crippen molar-refractivity contribution in [3.63, 3.8) is 0 Å². The minimum Gasteiger partial charge on any atom is -0.507 e. The normalized spacial score (nSPS) is 17.1. The fourth-order valence-electron chi connectivity index (χ4n) is 4.36. The van der Waals surface area contributed by atoms with Crippen LogP contribution in [0.3, 0.4) is 0 Å². The number of aliphatic hydroxyl groups is 1. The van der Waals surface area contributed by atoms with E-state index in [-0.39, 0.29) is 11.3 Å². The third kappa shape index (κ3) is 5.65. The maximum absolute atomic E-state index is 13.3. The first kappa shape index (κ1) is 27.1. The van der Waals surface area contributed by atoms with Crippen molar-refractivity contribution in [2.75, 3.05) is 48.0 Å². The monoisotopic (exact) mass is 496 g/mol. The topological polar surface area (TPSA) is 88.5 Å². The Bertz CT molecular complexity index is 1140. The van der Waals surface area contributed by atoms with Gasteiger partial charge in [-0.1, -0.05) is 13.0 Å². The number of benzene rings is 2. The second kappa shape index (κ2) is 11.9. The highest BCUT2D eigenvalue weighted by atomic mass is 16.5. The molecule has 1 fully saturated rings. The number of ether oxygens (including phenoxy) is 3. The molecule has 0 spiro atoms. The summed E-state index contributed by atoms with van der Waals surface area (Å²) in [6.07, 6.45) is 1.55. The van der Waals surface area contributed by atoms with Crippen molar-refractivity contribution in [1.82, 2.24) is 9.80 Å². The molecule has 1 heterocycles. The SMILES string of the molecule is CCCOc1ccc(C(O)=C2C(=O)C(=O)N(CCCN(C)C)[C@H]2c2ccc(OC)c(OC)c2)cc1C. The molecule has 1 aliphatic rings. The molecule has 0 aromatic heterocycles. The molecule has 0 aliphatic carbocycles. The van der Waals surface area contributed by atoms with Crippen molar-refractivity contribution in [3.8, 4) is 17.2 Å². The average molecular weight is 497 g/mol. The van der Waals surface area contributed by atoms with Crippen LogP contribution in [-0.4, -0.2) is 74.6 Å². The molecule has 36 heavy (non-hydrogen) atoms. The summed E-state index contributed by atoms with van der Waals surface area (Å²) in [5.74, 6) is 0.171. The highest BCUT2D eigenvalue weighted by Crippen LogP contribution is 2.42. The van der Waals surface area contributed by atoms with Crippen LogP contribution in [-0.2, 0) is 9.59 Å². The molecule has 0 unspecified atom stereocenters. The Balaban J connectivity index is 2.12. The first-order chi connectivity index (χ1) is 17.2. The largest absolute Gasteiger partial charge is 0.507 e. The van der Waals surface area contributed by atoms with Crippen LogP contribution < -0.4 is 14.2 Å². The smallest absolute Gasteiger partial charge is 0.295 e. The van der Waals surface area contributed by atoms with Gasteiger partial charge in [0, 0.05) is 12.1 Å². The van der Waals surface area contributed by atoms with E-state index in [9.17, 15) is 14.7 Å². The molecule has 2 aromatic rings. The Morgan fingerprint density at radius 1 is 1.03 bits per heavy atom. The predicted molar refractivity (Wildman–Crippen MR) is 139 cm³/mol. The lowest BCUT2D eigenvalue weighted by molar-refractivity contribution is -0.139. The highest BCUT2D eigenvalue weighted by Gasteiger charge is 2.46. The van der Waals surface area contributed by atoms with E-state index in [4.69, 9.17) is 14.2 Å². The Morgan fingerprint density at radius 3 is 2.33 bits per heavy atom. The van der Waals surface area contributed by atoms with Crippen LogP contribution in [0.15, 0.2) is 42.0 Å². The number of nitrogens with zero attached hydrogens (tertiary/aromatic N) is 2. The molecule has 1 saturated heterocycles. The lowest BCUT2D eigenvalue weighted by Crippen LogP contribution is -2.32. The van der Waals surface area contributed by atoms with Gasteiger partial charge in [-0.05, 0) is 81.9 Å². The number of methoxy groups -OCH3 is 2. The van der Waals surface area contributed by atoms with Gasteiger partial charge in [-0.15, -0.1) is 0 Å². The zero-order valence-electron chi connectivity index (χ0n) is 22.0. The van der Waals surface area contributed by atoms with E-state index in [0.29, 0.717) is 47.9 Å². The fourth-order valence-corrected chi connectivity index (χ4v) is 4.36. The fraction of sp³-hybridized carbons (Fsp3) is 0.429. The van der Waals surface area contributed by atoms with Crippen molar-refractivity contribution < 1.29 is 28.9 Å². The van der Waals surface area contributed by atoms with E-state index in [1.807, 2.05) is 32.8 Å². The molecule has 3 rings (SSSR count). The number of aryl methyl sites for hydroxylation is 1. The molecule has 1 amide bonds. The third-order valence-electron chi connectivity index (χ3n) is 6.18. The number of hydrogen-bond donors (Lipinski definition) is 1. The minimum atomic E-state index is -0.761. The number of carbonyl (C=O) groups is 2. The van der Waals surface area contributed by atoms with Gasteiger partial charge in [-0.2, -0.15) is 0 Å². The van der Waals surface area contributed by atoms with Crippen molar-refractivity contribution in [2.24, 2.45) is 0 Å². The Hall–Kier alpha value is -3.52. The molecule has 2 aromatic carbocycles. The standard InChI is InChI=1S/C28H36N2O6/c1-7-15-36-21-11-10-20(16-18(21)2)26(31)24-25(19-9-12-22(34-5)23(17-19)35-6)30(28(33)27(24)32)14-8-13-29(3)4/h9-12,16-17,25,31H,7-8,13-15H2,1-6H3/t25-/m0/s1. The van der Waals surface area contributed by atoms with Crippen LogP contribution in [0.1, 0.15) is 42.5 Å². The van der Waals surface area contributed by atoms with Crippen LogP contribution in [0.2, 0.25) is 0 Å². The summed E-state index contributed by atoms with van der Waals surface area (Å²) in [6.45, 7) is 5.61. The molecule has 1 atom stereocenters. The molecule has 8 heteroatoms. The van der Waals surface area contributed by atoms with Crippen molar-refractivity contribution >= 4 is 17.4 Å². The lowest BCUT2D eigenvalue weighted by Gasteiger charge is -2.26. The van der Waals surface area contributed by atoms with Gasteiger partial charge in [-0.25, -0.2) is 0 Å². The summed E-state index contributed by atoms with van der Waals surface area (Å²) < 4.78 is 16.6. The first-order valence-corrected chi connectivity index (χ1v) is 12.1. The van der Waals surface area contributed by atoms with Gasteiger partial charge in [0.2, 0.25) is 0 Å². The first-order valence-electron chi connectivity index (χ1n) is 12.1. The van der Waals surface area contributed by atoms with E-state index in [1.165, 1.54) is 12.0 Å². The van der Waals surface area contributed by atoms with Crippen LogP contribution >= 0.6 is 0 Å². The average Bonchev–Trinajstić information content (AvgIpc) is 3.11. The van der Waals surface area contributed by atoms with Gasteiger partial charge >= 0.3 is 0 Å². The van der Waals surface area contributed by atoms with Crippen molar-refractivity contribution in [1.29, 1.82) is 0 Å². The number of amides is 1. The number of rotatable bonds is 11. The summed E-state index contributed by atoms with van der Waals surface area (Å²) in [7, 11) is 6.98. The van der Waals surface area contributed by atoms with Gasteiger partial charge < -0.3 is 29.1 Å². The van der Waals surface area contributed by atoms with Gasteiger partial charge in [0.05, 0.1) is 32.4 Å². The third-order valence-corrected chi connectivity index (χ3v) is 6.18. The van der Waals surface area contributed by atoms with Crippen LogP contribution in [0.5, 0.6) is 17.2 Å². The Labute approximate surface area is 213 Å². The maximum atomic E-state index is 13.3. The predicted octanol–water partition coefficient (Wildman–Crippen LogP) is 4.17. The molecule has 0 radical (unpaired) electrons. The molecule has 0 bridgehead atoms. The van der Waals surface area contributed by atoms with Gasteiger partial charge in [0.15, 0.2) is 11.5 Å². The minimum absolute atomic E-state index is 0.0544. The lowest BCUT2D eigenvalue weighted by atomic mass is 9.94. The molecule has 194 valence electrons. The van der Waals surface area contributed by atoms with E-state index >= 15 is 0 Å². The molecular weight excluding hydrogens is 460 g/mol.